The largest absolute Gasteiger partial charge is 0.346 e. The van der Waals surface area contributed by atoms with Crippen molar-refractivity contribution in [3.05, 3.63) is 0 Å². The second-order valence-corrected chi connectivity index (χ2v) is 6.13. The molecule has 0 aliphatic heterocycles. The van der Waals surface area contributed by atoms with Gasteiger partial charge in [-0.3, -0.25) is 10.4 Å². The lowest BCUT2D eigenvalue weighted by molar-refractivity contribution is 0.00706. The number of hydrazine groups is 2. The fourth-order valence-corrected chi connectivity index (χ4v) is 4.58. The lowest BCUT2D eigenvalue weighted by Gasteiger charge is -2.49. The summed E-state index contributed by atoms with van der Waals surface area (Å²) in [6, 6.07) is -0.347. The summed E-state index contributed by atoms with van der Waals surface area (Å²) >= 11 is 0. The molecule has 0 atom stereocenters. The first kappa shape index (κ1) is 14.6. The average molecular weight is 268 g/mol. The van der Waals surface area contributed by atoms with E-state index in [1.165, 1.54) is 56.4 Å². The predicted octanol–water partition coefficient (Wildman–Crippen LogP) is 2.27. The molecule has 2 rings (SSSR count). The summed E-state index contributed by atoms with van der Waals surface area (Å²) in [4.78, 5) is 12.0. The quantitative estimate of drug-likeness (QED) is 0.415. The Balaban J connectivity index is 2.30. The minimum atomic E-state index is -0.347. The summed E-state index contributed by atoms with van der Waals surface area (Å²) in [5.41, 5.74) is 2.02. The maximum Gasteiger partial charge on any atom is 0.346 e. The van der Waals surface area contributed by atoms with Crippen molar-refractivity contribution in [1.29, 1.82) is 0 Å². The van der Waals surface area contributed by atoms with Gasteiger partial charge < -0.3 is 0 Å². The van der Waals surface area contributed by atoms with Gasteiger partial charge in [-0.1, -0.05) is 32.6 Å². The van der Waals surface area contributed by atoms with Crippen LogP contribution in [-0.4, -0.2) is 16.6 Å². The van der Waals surface area contributed by atoms with E-state index in [-0.39, 0.29) is 11.6 Å². The number of rotatable bonds is 4. The number of carbonyl (C=O) groups is 1. The van der Waals surface area contributed by atoms with E-state index < -0.39 is 0 Å². The number of hydrogen-bond acceptors (Lipinski definition) is 3. The number of urea groups is 1. The highest BCUT2D eigenvalue weighted by atomic mass is 16.2. The van der Waals surface area contributed by atoms with E-state index in [0.29, 0.717) is 11.8 Å². The zero-order valence-corrected chi connectivity index (χ0v) is 12.0. The Morgan fingerprint density at radius 3 is 1.89 bits per heavy atom. The lowest BCUT2D eigenvalue weighted by atomic mass is 9.69. The van der Waals surface area contributed by atoms with Gasteiger partial charge in [0.1, 0.15) is 0 Å². The van der Waals surface area contributed by atoms with Crippen LogP contribution in [0.3, 0.4) is 0 Å². The number of nitrogens with one attached hydrogen (secondary N) is 1. The van der Waals surface area contributed by atoms with Gasteiger partial charge in [-0.05, 0) is 43.9 Å². The molecule has 0 spiro atoms. The SMILES string of the molecule is CCC(C1CCCC1)(C1CCCC1)N(N)C(=O)NN. The molecule has 0 aromatic carbocycles. The fraction of sp³-hybridized carbons (Fsp3) is 0.929. The van der Waals surface area contributed by atoms with E-state index in [9.17, 15) is 4.79 Å². The van der Waals surface area contributed by atoms with Crippen LogP contribution in [0.1, 0.15) is 64.7 Å². The highest BCUT2D eigenvalue weighted by Crippen LogP contribution is 2.48. The molecular formula is C14H28N4O. The molecule has 2 aliphatic rings. The van der Waals surface area contributed by atoms with Gasteiger partial charge in [0.2, 0.25) is 0 Å². The molecule has 2 saturated carbocycles. The van der Waals surface area contributed by atoms with Crippen LogP contribution in [-0.2, 0) is 0 Å². The molecule has 0 bridgehead atoms. The van der Waals surface area contributed by atoms with Crippen molar-refractivity contribution >= 4 is 6.03 Å². The first-order valence-corrected chi connectivity index (χ1v) is 7.72. The van der Waals surface area contributed by atoms with Crippen LogP contribution in [0, 0.1) is 11.8 Å². The zero-order valence-electron chi connectivity index (χ0n) is 12.0. The topological polar surface area (TPSA) is 84.4 Å². The molecule has 2 aliphatic carbocycles. The Kier molecular flexibility index (Phi) is 4.68. The summed E-state index contributed by atoms with van der Waals surface area (Å²) in [5.74, 6) is 12.6. The summed E-state index contributed by atoms with van der Waals surface area (Å²) in [7, 11) is 0. The van der Waals surface area contributed by atoms with Gasteiger partial charge in [-0.25, -0.2) is 16.5 Å². The van der Waals surface area contributed by atoms with Crippen LogP contribution in [0.2, 0.25) is 0 Å². The Hall–Kier alpha value is -0.810. The molecule has 0 aromatic heterocycles. The molecule has 110 valence electrons. The summed E-state index contributed by atoms with van der Waals surface area (Å²) in [6.07, 6.45) is 10.7. The van der Waals surface area contributed by atoms with Crippen molar-refractivity contribution in [2.24, 2.45) is 23.5 Å². The maximum atomic E-state index is 12.0. The smallest absolute Gasteiger partial charge is 0.275 e. The van der Waals surface area contributed by atoms with Gasteiger partial charge in [-0.15, -0.1) is 0 Å². The van der Waals surface area contributed by atoms with Crippen molar-refractivity contribution in [2.45, 2.75) is 70.3 Å². The number of nitrogens with zero attached hydrogens (tertiary/aromatic N) is 1. The summed E-state index contributed by atoms with van der Waals surface area (Å²) in [6.45, 7) is 2.17. The first-order chi connectivity index (χ1) is 9.16. The van der Waals surface area contributed by atoms with E-state index in [2.05, 4.69) is 12.3 Å². The molecule has 0 heterocycles. The molecule has 5 heteroatoms. The summed E-state index contributed by atoms with van der Waals surface area (Å²) < 4.78 is 0. The van der Waals surface area contributed by atoms with Crippen molar-refractivity contribution in [3.63, 3.8) is 0 Å². The van der Waals surface area contributed by atoms with Crippen LogP contribution < -0.4 is 17.1 Å². The zero-order chi connectivity index (χ0) is 13.9. The second kappa shape index (κ2) is 6.09. The Labute approximate surface area is 116 Å². The monoisotopic (exact) mass is 268 g/mol. The van der Waals surface area contributed by atoms with E-state index in [4.69, 9.17) is 11.7 Å². The summed E-state index contributed by atoms with van der Waals surface area (Å²) in [5, 5.41) is 1.44. The lowest BCUT2D eigenvalue weighted by Crippen LogP contribution is -2.65. The van der Waals surface area contributed by atoms with Gasteiger partial charge in [0.05, 0.1) is 5.54 Å². The van der Waals surface area contributed by atoms with Crippen LogP contribution >= 0.6 is 0 Å². The Morgan fingerprint density at radius 1 is 1.16 bits per heavy atom. The van der Waals surface area contributed by atoms with Gasteiger partial charge in [0.25, 0.3) is 0 Å². The van der Waals surface area contributed by atoms with Crippen molar-refractivity contribution in [1.82, 2.24) is 10.4 Å². The normalized spacial score (nSPS) is 21.8. The third kappa shape index (κ3) is 2.46. The number of nitrogens with two attached hydrogens (primary N) is 2. The maximum absolute atomic E-state index is 12.0. The van der Waals surface area contributed by atoms with Gasteiger partial charge in [-0.2, -0.15) is 0 Å². The van der Waals surface area contributed by atoms with Crippen molar-refractivity contribution in [2.75, 3.05) is 0 Å². The van der Waals surface area contributed by atoms with E-state index >= 15 is 0 Å². The van der Waals surface area contributed by atoms with Crippen LogP contribution in [0.5, 0.6) is 0 Å². The minimum Gasteiger partial charge on any atom is -0.275 e. The highest BCUT2D eigenvalue weighted by Gasteiger charge is 2.50. The highest BCUT2D eigenvalue weighted by molar-refractivity contribution is 5.73. The molecule has 19 heavy (non-hydrogen) atoms. The van der Waals surface area contributed by atoms with Crippen molar-refractivity contribution in [3.8, 4) is 0 Å². The molecule has 0 radical (unpaired) electrons. The molecule has 5 N–H and O–H groups in total. The molecule has 2 amide bonds. The standard InChI is InChI=1S/C14H28N4O/c1-2-14(11-7-3-4-8-11,12-9-5-6-10-12)18(16)13(19)17-15/h11-12H,2-10,15-16H2,1H3,(H,17,19). The van der Waals surface area contributed by atoms with Crippen LogP contribution in [0.4, 0.5) is 4.79 Å². The molecular weight excluding hydrogens is 240 g/mol. The molecule has 0 unspecified atom stereocenters. The number of hydrogen-bond donors (Lipinski definition) is 3. The number of carbonyl (C=O) groups excluding carboxylic acids is 1. The molecule has 0 aromatic rings. The fourth-order valence-electron chi connectivity index (χ4n) is 4.58. The third-order valence-electron chi connectivity index (χ3n) is 5.48. The Morgan fingerprint density at radius 2 is 1.58 bits per heavy atom. The Bertz CT molecular complexity index is 293. The van der Waals surface area contributed by atoms with E-state index in [0.717, 1.165) is 6.42 Å². The van der Waals surface area contributed by atoms with Crippen LogP contribution in [0.25, 0.3) is 0 Å². The van der Waals surface area contributed by atoms with Crippen LogP contribution in [0.15, 0.2) is 0 Å². The van der Waals surface area contributed by atoms with Gasteiger partial charge in [0.15, 0.2) is 0 Å². The number of amides is 2. The third-order valence-corrected chi connectivity index (χ3v) is 5.48. The molecule has 5 nitrogen and oxygen atoms in total. The van der Waals surface area contributed by atoms with E-state index in [1.807, 2.05) is 0 Å². The van der Waals surface area contributed by atoms with Gasteiger partial charge >= 0.3 is 6.03 Å². The minimum absolute atomic E-state index is 0.198. The second-order valence-electron chi connectivity index (χ2n) is 6.13. The van der Waals surface area contributed by atoms with Gasteiger partial charge in [0, 0.05) is 0 Å². The first-order valence-electron chi connectivity index (χ1n) is 7.72. The van der Waals surface area contributed by atoms with E-state index in [1.54, 1.807) is 0 Å². The van der Waals surface area contributed by atoms with Crippen molar-refractivity contribution < 1.29 is 4.79 Å². The average Bonchev–Trinajstić information content (AvgIpc) is 3.12. The molecule has 0 saturated heterocycles. The molecule has 2 fully saturated rings. The predicted molar refractivity (Wildman–Crippen MR) is 75.7 cm³/mol.